The Morgan fingerprint density at radius 2 is 2.03 bits per heavy atom. The first kappa shape index (κ1) is 23.7. The molecule has 3 aliphatic rings. The van der Waals surface area contributed by atoms with Crippen LogP contribution in [0.3, 0.4) is 0 Å². The third-order valence-electron chi connectivity index (χ3n) is 7.21. The summed E-state index contributed by atoms with van der Waals surface area (Å²) in [6.07, 6.45) is 5.39. The van der Waals surface area contributed by atoms with Crippen LogP contribution in [0.5, 0.6) is 0 Å². The van der Waals surface area contributed by atoms with Crippen molar-refractivity contribution in [2.45, 2.75) is 77.4 Å². The van der Waals surface area contributed by atoms with Crippen LogP contribution in [0.1, 0.15) is 75.5 Å². The molecule has 33 heavy (non-hydrogen) atoms. The largest absolute Gasteiger partial charge is 0.376 e. The zero-order valence-corrected chi connectivity index (χ0v) is 20.1. The second-order valence-corrected chi connectivity index (χ2v) is 10.1. The molecule has 2 N–H and O–H groups in total. The number of carbonyl (C=O) groups is 3. The predicted molar refractivity (Wildman–Crippen MR) is 123 cm³/mol. The molecule has 0 radical (unpaired) electrons. The van der Waals surface area contributed by atoms with Crippen LogP contribution in [0, 0.1) is 11.8 Å². The number of hydrogen-bond donors (Lipinski definition) is 2. The van der Waals surface area contributed by atoms with E-state index in [-0.39, 0.29) is 29.9 Å². The van der Waals surface area contributed by atoms with E-state index in [0.29, 0.717) is 57.1 Å². The van der Waals surface area contributed by atoms with E-state index in [4.69, 9.17) is 4.74 Å². The summed E-state index contributed by atoms with van der Waals surface area (Å²) in [6, 6.07) is 1.54. The molecule has 3 saturated heterocycles. The van der Waals surface area contributed by atoms with Crippen molar-refractivity contribution < 1.29 is 19.1 Å². The molecule has 4 rings (SSSR count). The van der Waals surface area contributed by atoms with Crippen molar-refractivity contribution in [2.24, 2.45) is 11.8 Å². The smallest absolute Gasteiger partial charge is 0.325 e. The van der Waals surface area contributed by atoms with Gasteiger partial charge in [0.2, 0.25) is 0 Å². The van der Waals surface area contributed by atoms with Crippen LogP contribution in [0.25, 0.3) is 0 Å². The van der Waals surface area contributed by atoms with Gasteiger partial charge in [0.1, 0.15) is 11.2 Å². The summed E-state index contributed by atoms with van der Waals surface area (Å²) in [4.78, 5) is 42.5. The molecule has 4 heterocycles. The second kappa shape index (κ2) is 9.83. The SMILES string of the molecule is CCC[C@@]1(C2CCN(C(=O)c3cc(CC(C)C)[nH]n3)CC2)NC(=O)N(C[C@@H]2CCCO2)C1=O. The first-order valence-corrected chi connectivity index (χ1v) is 12.4. The van der Waals surface area contributed by atoms with Gasteiger partial charge in [-0.2, -0.15) is 5.10 Å². The number of H-pyrrole nitrogens is 1. The van der Waals surface area contributed by atoms with Crippen LogP contribution in [-0.2, 0) is 16.0 Å². The van der Waals surface area contributed by atoms with Crippen molar-refractivity contribution in [2.75, 3.05) is 26.2 Å². The lowest BCUT2D eigenvalue weighted by molar-refractivity contribution is -0.135. The fraction of sp³-hybridized carbons (Fsp3) is 0.750. The Morgan fingerprint density at radius 3 is 2.67 bits per heavy atom. The van der Waals surface area contributed by atoms with Gasteiger partial charge in [-0.05, 0) is 56.4 Å². The first-order valence-electron chi connectivity index (χ1n) is 12.4. The van der Waals surface area contributed by atoms with Crippen molar-refractivity contribution in [3.05, 3.63) is 17.5 Å². The number of ether oxygens (including phenoxy) is 1. The molecule has 0 spiro atoms. The van der Waals surface area contributed by atoms with Crippen molar-refractivity contribution in [1.29, 1.82) is 0 Å². The van der Waals surface area contributed by atoms with Crippen molar-refractivity contribution >= 4 is 17.8 Å². The fourth-order valence-corrected chi connectivity index (χ4v) is 5.60. The minimum Gasteiger partial charge on any atom is -0.376 e. The highest BCUT2D eigenvalue weighted by Crippen LogP contribution is 2.37. The Morgan fingerprint density at radius 1 is 1.27 bits per heavy atom. The zero-order valence-electron chi connectivity index (χ0n) is 20.1. The summed E-state index contributed by atoms with van der Waals surface area (Å²) in [5.41, 5.74) is 0.534. The van der Waals surface area contributed by atoms with Gasteiger partial charge in [-0.15, -0.1) is 0 Å². The van der Waals surface area contributed by atoms with Crippen molar-refractivity contribution in [1.82, 2.24) is 25.3 Å². The number of aromatic amines is 1. The molecule has 0 saturated carbocycles. The van der Waals surface area contributed by atoms with Gasteiger partial charge < -0.3 is 15.0 Å². The molecule has 2 atom stereocenters. The molecule has 0 unspecified atom stereocenters. The molecular weight excluding hydrogens is 422 g/mol. The van der Waals surface area contributed by atoms with E-state index in [9.17, 15) is 14.4 Å². The highest BCUT2D eigenvalue weighted by Gasteiger charge is 2.55. The average Bonchev–Trinajstić information content (AvgIpc) is 3.52. The van der Waals surface area contributed by atoms with Crippen molar-refractivity contribution in [3.8, 4) is 0 Å². The lowest BCUT2D eigenvalue weighted by Gasteiger charge is -2.40. The van der Waals surface area contributed by atoms with Gasteiger partial charge in [-0.1, -0.05) is 27.2 Å². The van der Waals surface area contributed by atoms with Gasteiger partial charge in [-0.3, -0.25) is 19.6 Å². The molecule has 4 amide bonds. The van der Waals surface area contributed by atoms with Crippen LogP contribution >= 0.6 is 0 Å². The Hall–Kier alpha value is -2.42. The van der Waals surface area contributed by atoms with Crippen LogP contribution in [0.2, 0.25) is 0 Å². The van der Waals surface area contributed by atoms with E-state index in [2.05, 4.69) is 29.4 Å². The number of urea groups is 1. The molecule has 9 heteroatoms. The van der Waals surface area contributed by atoms with E-state index in [1.807, 2.05) is 17.9 Å². The zero-order chi connectivity index (χ0) is 23.6. The van der Waals surface area contributed by atoms with Crippen LogP contribution in [0.4, 0.5) is 4.79 Å². The quantitative estimate of drug-likeness (QED) is 0.581. The molecule has 1 aromatic heterocycles. The highest BCUT2D eigenvalue weighted by atomic mass is 16.5. The molecule has 3 aliphatic heterocycles. The summed E-state index contributed by atoms with van der Waals surface area (Å²) in [5.74, 6) is 0.285. The monoisotopic (exact) mass is 459 g/mol. The number of rotatable bonds is 8. The third kappa shape index (κ3) is 4.78. The molecular formula is C24H37N5O4. The van der Waals surface area contributed by atoms with Gasteiger partial charge in [0.05, 0.1) is 12.6 Å². The summed E-state index contributed by atoms with van der Waals surface area (Å²) in [7, 11) is 0. The number of aromatic nitrogens is 2. The highest BCUT2D eigenvalue weighted by molar-refractivity contribution is 6.07. The number of nitrogens with one attached hydrogen (secondary N) is 2. The number of carbonyl (C=O) groups excluding carboxylic acids is 3. The molecule has 182 valence electrons. The maximum atomic E-state index is 13.5. The topological polar surface area (TPSA) is 108 Å². The van der Waals surface area contributed by atoms with Crippen molar-refractivity contribution in [3.63, 3.8) is 0 Å². The lowest BCUT2D eigenvalue weighted by atomic mass is 9.74. The number of likely N-dealkylation sites (tertiary alicyclic amines) is 1. The normalized spacial score (nSPS) is 26.5. The third-order valence-corrected chi connectivity index (χ3v) is 7.21. The molecule has 9 nitrogen and oxygen atoms in total. The van der Waals surface area contributed by atoms with E-state index >= 15 is 0 Å². The molecule has 0 aromatic carbocycles. The average molecular weight is 460 g/mol. The van der Waals surface area contributed by atoms with Crippen LogP contribution < -0.4 is 5.32 Å². The fourth-order valence-electron chi connectivity index (χ4n) is 5.60. The minimum absolute atomic E-state index is 0.00290. The van der Waals surface area contributed by atoms with Crippen LogP contribution in [0.15, 0.2) is 6.07 Å². The van der Waals surface area contributed by atoms with Gasteiger partial charge in [-0.25, -0.2) is 4.79 Å². The number of imide groups is 1. The van der Waals surface area contributed by atoms with E-state index in [1.54, 1.807) is 0 Å². The number of piperidine rings is 1. The Labute approximate surface area is 195 Å². The maximum Gasteiger partial charge on any atom is 0.325 e. The predicted octanol–water partition coefficient (Wildman–Crippen LogP) is 2.73. The minimum atomic E-state index is -0.879. The number of amides is 4. The summed E-state index contributed by atoms with van der Waals surface area (Å²) in [6.45, 7) is 8.41. The standard InChI is InChI=1S/C24H37N5O4/c1-4-9-24(22(31)29(23(32)25-24)15-19-6-5-12-33-19)17-7-10-28(11-8-17)21(30)20-14-18(26-27-20)13-16(2)3/h14,16-17,19H,4-13,15H2,1-3H3,(H,25,32)(H,26,27)/t19-,24-/m0/s1. The number of nitrogens with zero attached hydrogens (tertiary/aromatic N) is 3. The summed E-state index contributed by atoms with van der Waals surface area (Å²) in [5, 5.41) is 10.3. The Kier molecular flexibility index (Phi) is 7.07. The Bertz CT molecular complexity index is 870. The van der Waals surface area contributed by atoms with Gasteiger partial charge in [0.25, 0.3) is 11.8 Å². The maximum absolute atomic E-state index is 13.5. The summed E-state index contributed by atoms with van der Waals surface area (Å²) < 4.78 is 5.66. The second-order valence-electron chi connectivity index (χ2n) is 10.1. The number of hydrogen-bond acceptors (Lipinski definition) is 5. The lowest BCUT2D eigenvalue weighted by Crippen LogP contribution is -2.56. The van der Waals surface area contributed by atoms with Crippen LogP contribution in [-0.4, -0.2) is 75.7 Å². The molecule has 1 aromatic rings. The Balaban J connectivity index is 1.41. The van der Waals surface area contributed by atoms with Gasteiger partial charge in [0.15, 0.2) is 0 Å². The van der Waals surface area contributed by atoms with E-state index < -0.39 is 5.54 Å². The molecule has 0 aliphatic carbocycles. The summed E-state index contributed by atoms with van der Waals surface area (Å²) >= 11 is 0. The molecule has 3 fully saturated rings. The van der Waals surface area contributed by atoms with Gasteiger partial charge in [0, 0.05) is 25.4 Å². The molecule has 0 bridgehead atoms. The van der Waals surface area contributed by atoms with Gasteiger partial charge >= 0.3 is 6.03 Å². The van der Waals surface area contributed by atoms with E-state index in [0.717, 1.165) is 31.4 Å². The first-order chi connectivity index (χ1) is 15.8. The van der Waals surface area contributed by atoms with E-state index in [1.165, 1.54) is 4.90 Å².